The van der Waals surface area contributed by atoms with Gasteiger partial charge in [0.15, 0.2) is 0 Å². The summed E-state index contributed by atoms with van der Waals surface area (Å²) in [6.07, 6.45) is -0.436. The Hall–Kier alpha value is -1.35. The van der Waals surface area contributed by atoms with Crippen molar-refractivity contribution in [1.29, 1.82) is 0 Å². The van der Waals surface area contributed by atoms with E-state index in [-0.39, 0.29) is 5.91 Å². The predicted octanol–water partition coefficient (Wildman–Crippen LogP) is 3.09. The van der Waals surface area contributed by atoms with Crippen LogP contribution < -0.4 is 5.32 Å². The number of hydrogen-bond donors (Lipinski definition) is 1. The van der Waals surface area contributed by atoms with Gasteiger partial charge in [0.1, 0.15) is 6.10 Å². The molecule has 0 spiro atoms. The van der Waals surface area contributed by atoms with Gasteiger partial charge >= 0.3 is 0 Å². The van der Waals surface area contributed by atoms with Crippen LogP contribution in [0.5, 0.6) is 0 Å². The second kappa shape index (κ2) is 5.82. The summed E-state index contributed by atoms with van der Waals surface area (Å²) >= 11 is 0. The molecule has 0 saturated carbocycles. The molecular weight excluding hydrogens is 214 g/mol. The first-order chi connectivity index (χ1) is 7.97. The van der Waals surface area contributed by atoms with Crippen molar-refractivity contribution in [1.82, 2.24) is 0 Å². The lowest BCUT2D eigenvalue weighted by molar-refractivity contribution is -0.124. The molecule has 0 bridgehead atoms. The maximum Gasteiger partial charge on any atom is 0.253 e. The summed E-state index contributed by atoms with van der Waals surface area (Å²) in [5.74, 6) is 0.270. The highest BCUT2D eigenvalue weighted by atomic mass is 16.5. The molecule has 0 aliphatic heterocycles. The number of anilines is 1. The largest absolute Gasteiger partial charge is 0.372 e. The maximum absolute atomic E-state index is 11.8. The highest BCUT2D eigenvalue weighted by Crippen LogP contribution is 2.27. The van der Waals surface area contributed by atoms with Crippen LogP contribution in [-0.4, -0.2) is 19.1 Å². The topological polar surface area (TPSA) is 38.3 Å². The monoisotopic (exact) mass is 235 g/mol. The Morgan fingerprint density at radius 2 is 1.94 bits per heavy atom. The van der Waals surface area contributed by atoms with Crippen molar-refractivity contribution in [3.05, 3.63) is 29.3 Å². The summed E-state index contributed by atoms with van der Waals surface area (Å²) in [4.78, 5) is 11.8. The van der Waals surface area contributed by atoms with Gasteiger partial charge in [0.2, 0.25) is 0 Å². The highest BCUT2D eigenvalue weighted by Gasteiger charge is 2.16. The van der Waals surface area contributed by atoms with Crippen LogP contribution in [0.15, 0.2) is 18.2 Å². The number of carbonyl (C=O) groups excluding carboxylic acids is 1. The number of aryl methyl sites for hydroxylation is 1. The summed E-state index contributed by atoms with van der Waals surface area (Å²) in [6.45, 7) is 7.97. The number of rotatable bonds is 4. The SMILES string of the molecule is COC(C)C(=O)Nc1c(C)cccc1C(C)C. The Morgan fingerprint density at radius 1 is 1.29 bits per heavy atom. The summed E-state index contributed by atoms with van der Waals surface area (Å²) < 4.78 is 5.01. The quantitative estimate of drug-likeness (QED) is 0.871. The number of benzene rings is 1. The molecule has 0 fully saturated rings. The average Bonchev–Trinajstić information content (AvgIpc) is 2.30. The fourth-order valence-electron chi connectivity index (χ4n) is 1.67. The van der Waals surface area contributed by atoms with E-state index < -0.39 is 6.10 Å². The predicted molar refractivity (Wildman–Crippen MR) is 70.4 cm³/mol. The Morgan fingerprint density at radius 3 is 2.47 bits per heavy atom. The molecule has 3 nitrogen and oxygen atoms in total. The molecular formula is C14H21NO2. The fraction of sp³-hybridized carbons (Fsp3) is 0.500. The van der Waals surface area contributed by atoms with Gasteiger partial charge in [-0.3, -0.25) is 4.79 Å². The first kappa shape index (κ1) is 13.7. The van der Waals surface area contributed by atoms with E-state index in [2.05, 4.69) is 19.2 Å². The van der Waals surface area contributed by atoms with Gasteiger partial charge in [-0.2, -0.15) is 0 Å². The van der Waals surface area contributed by atoms with Crippen LogP contribution in [0.2, 0.25) is 0 Å². The molecule has 1 atom stereocenters. The molecule has 17 heavy (non-hydrogen) atoms. The fourth-order valence-corrected chi connectivity index (χ4v) is 1.67. The molecule has 3 heteroatoms. The van der Waals surface area contributed by atoms with Gasteiger partial charge in [-0.05, 0) is 30.9 Å². The normalized spacial score (nSPS) is 12.6. The van der Waals surface area contributed by atoms with Gasteiger partial charge in [-0.25, -0.2) is 0 Å². The van der Waals surface area contributed by atoms with Gasteiger partial charge in [-0.15, -0.1) is 0 Å². The first-order valence-electron chi connectivity index (χ1n) is 5.90. The molecule has 1 unspecified atom stereocenters. The maximum atomic E-state index is 11.8. The zero-order valence-corrected chi connectivity index (χ0v) is 11.2. The average molecular weight is 235 g/mol. The highest BCUT2D eigenvalue weighted by molar-refractivity contribution is 5.95. The molecule has 0 saturated heterocycles. The van der Waals surface area contributed by atoms with Crippen molar-refractivity contribution >= 4 is 11.6 Å². The summed E-state index contributed by atoms with van der Waals surface area (Å²) in [5, 5.41) is 2.95. The van der Waals surface area contributed by atoms with E-state index in [9.17, 15) is 4.79 Å². The van der Waals surface area contributed by atoms with Gasteiger partial charge in [-0.1, -0.05) is 32.0 Å². The van der Waals surface area contributed by atoms with Crippen molar-refractivity contribution in [3.8, 4) is 0 Å². The van der Waals surface area contributed by atoms with Crippen molar-refractivity contribution in [2.24, 2.45) is 0 Å². The number of methoxy groups -OCH3 is 1. The van der Waals surface area contributed by atoms with E-state index >= 15 is 0 Å². The minimum atomic E-state index is -0.436. The molecule has 94 valence electrons. The van der Waals surface area contributed by atoms with Crippen LogP contribution in [0.4, 0.5) is 5.69 Å². The minimum Gasteiger partial charge on any atom is -0.372 e. The minimum absolute atomic E-state index is 0.108. The molecule has 1 N–H and O–H groups in total. The Labute approximate surface area is 103 Å². The number of hydrogen-bond acceptors (Lipinski definition) is 2. The van der Waals surface area contributed by atoms with Crippen molar-refractivity contribution in [2.75, 3.05) is 12.4 Å². The summed E-state index contributed by atoms with van der Waals surface area (Å²) in [6, 6.07) is 6.06. The van der Waals surface area contributed by atoms with E-state index in [1.54, 1.807) is 6.92 Å². The summed E-state index contributed by atoms with van der Waals surface area (Å²) in [7, 11) is 1.53. The van der Waals surface area contributed by atoms with E-state index in [1.165, 1.54) is 7.11 Å². The second-order valence-electron chi connectivity index (χ2n) is 4.56. The number of ether oxygens (including phenoxy) is 1. The standard InChI is InChI=1S/C14H21NO2/c1-9(2)12-8-6-7-10(3)13(12)15-14(16)11(4)17-5/h6-9,11H,1-5H3,(H,15,16). The molecule has 0 aliphatic carbocycles. The van der Waals surface area contributed by atoms with E-state index in [1.807, 2.05) is 25.1 Å². The van der Waals surface area contributed by atoms with E-state index in [4.69, 9.17) is 4.74 Å². The summed E-state index contributed by atoms with van der Waals surface area (Å²) in [5.41, 5.74) is 3.14. The van der Waals surface area contributed by atoms with Crippen LogP contribution in [0.25, 0.3) is 0 Å². The molecule has 0 radical (unpaired) electrons. The van der Waals surface area contributed by atoms with Crippen molar-refractivity contribution < 1.29 is 9.53 Å². The third kappa shape index (κ3) is 3.30. The van der Waals surface area contributed by atoms with Crippen molar-refractivity contribution in [3.63, 3.8) is 0 Å². The molecule has 0 aliphatic rings. The third-order valence-corrected chi connectivity index (χ3v) is 2.90. The molecule has 1 aromatic carbocycles. The second-order valence-corrected chi connectivity index (χ2v) is 4.56. The smallest absolute Gasteiger partial charge is 0.253 e. The number of para-hydroxylation sites is 1. The zero-order chi connectivity index (χ0) is 13.0. The van der Waals surface area contributed by atoms with Gasteiger partial charge < -0.3 is 10.1 Å². The van der Waals surface area contributed by atoms with Crippen LogP contribution in [0.1, 0.15) is 37.8 Å². The lowest BCUT2D eigenvalue weighted by Crippen LogP contribution is -2.27. The Balaban J connectivity index is 3.01. The molecule has 1 rings (SSSR count). The third-order valence-electron chi connectivity index (χ3n) is 2.90. The molecule has 0 heterocycles. The first-order valence-corrected chi connectivity index (χ1v) is 5.90. The zero-order valence-electron chi connectivity index (χ0n) is 11.2. The van der Waals surface area contributed by atoms with Crippen LogP contribution in [-0.2, 0) is 9.53 Å². The van der Waals surface area contributed by atoms with Crippen LogP contribution in [0.3, 0.4) is 0 Å². The molecule has 0 aromatic heterocycles. The molecule has 1 amide bonds. The lowest BCUT2D eigenvalue weighted by Gasteiger charge is -2.18. The van der Waals surface area contributed by atoms with Crippen LogP contribution >= 0.6 is 0 Å². The van der Waals surface area contributed by atoms with Gasteiger partial charge in [0.05, 0.1) is 0 Å². The lowest BCUT2D eigenvalue weighted by atomic mass is 9.98. The Bertz CT molecular complexity index is 399. The molecule has 1 aromatic rings. The van der Waals surface area contributed by atoms with Gasteiger partial charge in [0, 0.05) is 12.8 Å². The van der Waals surface area contributed by atoms with E-state index in [0.717, 1.165) is 16.8 Å². The number of amides is 1. The number of carbonyl (C=O) groups is 1. The van der Waals surface area contributed by atoms with Crippen LogP contribution in [0, 0.1) is 6.92 Å². The van der Waals surface area contributed by atoms with Gasteiger partial charge in [0.25, 0.3) is 5.91 Å². The Kier molecular flexibility index (Phi) is 4.70. The van der Waals surface area contributed by atoms with Crippen molar-refractivity contribution in [2.45, 2.75) is 39.7 Å². The number of nitrogens with one attached hydrogen (secondary N) is 1. The van der Waals surface area contributed by atoms with E-state index in [0.29, 0.717) is 5.92 Å².